The SMILES string of the molecule is COCCCn1cc2c(C3CC3c3cnc(-c4ncccn4)nc3)ccc(F)c2n1. The Morgan fingerprint density at radius 2 is 1.83 bits per heavy atom. The Bertz CT molecular complexity index is 1160. The number of halogens is 1. The lowest BCUT2D eigenvalue weighted by atomic mass is 10.0. The molecule has 0 amide bonds. The van der Waals surface area contributed by atoms with Crippen LogP contribution in [0.4, 0.5) is 4.39 Å². The molecule has 1 aliphatic rings. The molecule has 2 unspecified atom stereocenters. The number of nitrogens with zero attached hydrogens (tertiary/aromatic N) is 6. The molecule has 4 aromatic rings. The van der Waals surface area contributed by atoms with Gasteiger partial charge in [0.15, 0.2) is 17.5 Å². The molecular formula is C22H21FN6O. The van der Waals surface area contributed by atoms with Crippen LogP contribution in [0.1, 0.15) is 35.8 Å². The second-order valence-corrected chi connectivity index (χ2v) is 7.50. The van der Waals surface area contributed by atoms with Gasteiger partial charge in [-0.25, -0.2) is 24.3 Å². The Morgan fingerprint density at radius 3 is 2.60 bits per heavy atom. The lowest BCUT2D eigenvalue weighted by molar-refractivity contribution is 0.189. The van der Waals surface area contributed by atoms with E-state index < -0.39 is 0 Å². The van der Waals surface area contributed by atoms with Crippen molar-refractivity contribution in [1.29, 1.82) is 0 Å². The van der Waals surface area contributed by atoms with Gasteiger partial charge >= 0.3 is 0 Å². The van der Waals surface area contributed by atoms with E-state index >= 15 is 0 Å². The summed E-state index contributed by atoms with van der Waals surface area (Å²) in [5, 5.41) is 5.33. The Balaban J connectivity index is 1.37. The third kappa shape index (κ3) is 3.54. The van der Waals surface area contributed by atoms with Crippen molar-refractivity contribution in [2.45, 2.75) is 31.2 Å². The van der Waals surface area contributed by atoms with Crippen LogP contribution < -0.4 is 0 Å². The van der Waals surface area contributed by atoms with E-state index in [-0.39, 0.29) is 5.82 Å². The fourth-order valence-corrected chi connectivity index (χ4v) is 3.92. The van der Waals surface area contributed by atoms with E-state index in [1.54, 1.807) is 25.6 Å². The predicted molar refractivity (Wildman–Crippen MR) is 109 cm³/mol. The van der Waals surface area contributed by atoms with Gasteiger partial charge in [0, 0.05) is 56.6 Å². The number of aromatic nitrogens is 6. The maximum absolute atomic E-state index is 14.3. The molecule has 3 heterocycles. The molecule has 0 saturated heterocycles. The number of hydrogen-bond acceptors (Lipinski definition) is 6. The van der Waals surface area contributed by atoms with Gasteiger partial charge in [0.25, 0.3) is 0 Å². The number of rotatable bonds is 7. The molecule has 2 atom stereocenters. The lowest BCUT2D eigenvalue weighted by Gasteiger charge is -2.04. The summed E-state index contributed by atoms with van der Waals surface area (Å²) in [6, 6.07) is 5.16. The van der Waals surface area contributed by atoms with Gasteiger partial charge in [0.1, 0.15) is 5.52 Å². The van der Waals surface area contributed by atoms with E-state index in [9.17, 15) is 4.39 Å². The van der Waals surface area contributed by atoms with Crippen LogP contribution in [-0.2, 0) is 11.3 Å². The van der Waals surface area contributed by atoms with Gasteiger partial charge in [-0.1, -0.05) is 6.07 Å². The van der Waals surface area contributed by atoms with Crippen molar-refractivity contribution in [2.75, 3.05) is 13.7 Å². The van der Waals surface area contributed by atoms with E-state index in [0.29, 0.717) is 42.2 Å². The smallest absolute Gasteiger partial charge is 0.197 e. The zero-order valence-electron chi connectivity index (χ0n) is 16.6. The number of methoxy groups -OCH3 is 1. The van der Waals surface area contributed by atoms with Gasteiger partial charge in [-0.05, 0) is 47.9 Å². The van der Waals surface area contributed by atoms with Gasteiger partial charge in [-0.3, -0.25) is 4.68 Å². The van der Waals surface area contributed by atoms with Crippen LogP contribution in [0.3, 0.4) is 0 Å². The van der Waals surface area contributed by atoms with Crippen LogP contribution in [0.5, 0.6) is 0 Å². The summed E-state index contributed by atoms with van der Waals surface area (Å²) >= 11 is 0. The maximum atomic E-state index is 14.3. The number of hydrogen-bond donors (Lipinski definition) is 0. The van der Waals surface area contributed by atoms with E-state index in [0.717, 1.165) is 29.4 Å². The summed E-state index contributed by atoms with van der Waals surface area (Å²) in [6.07, 6.45) is 10.8. The molecule has 0 radical (unpaired) electrons. The molecule has 3 aromatic heterocycles. The fraction of sp³-hybridized carbons (Fsp3) is 0.318. The summed E-state index contributed by atoms with van der Waals surface area (Å²) in [5.41, 5.74) is 2.64. The Hall–Kier alpha value is -3.26. The molecule has 7 nitrogen and oxygen atoms in total. The summed E-state index contributed by atoms with van der Waals surface area (Å²) in [6.45, 7) is 1.35. The van der Waals surface area contributed by atoms with Crippen molar-refractivity contribution in [2.24, 2.45) is 0 Å². The third-order valence-corrected chi connectivity index (χ3v) is 5.50. The highest BCUT2D eigenvalue weighted by atomic mass is 19.1. The van der Waals surface area contributed by atoms with Crippen LogP contribution in [0.25, 0.3) is 22.6 Å². The second-order valence-electron chi connectivity index (χ2n) is 7.50. The van der Waals surface area contributed by atoms with E-state index in [1.165, 1.54) is 6.07 Å². The monoisotopic (exact) mass is 404 g/mol. The quantitative estimate of drug-likeness (QED) is 0.437. The lowest BCUT2D eigenvalue weighted by Crippen LogP contribution is -2.01. The summed E-state index contributed by atoms with van der Waals surface area (Å²) < 4.78 is 21.3. The van der Waals surface area contributed by atoms with Crippen LogP contribution >= 0.6 is 0 Å². The van der Waals surface area contributed by atoms with Crippen molar-refractivity contribution in [1.82, 2.24) is 29.7 Å². The molecule has 152 valence electrons. The van der Waals surface area contributed by atoms with Crippen molar-refractivity contribution in [3.05, 3.63) is 66.1 Å². The third-order valence-electron chi connectivity index (χ3n) is 5.50. The van der Waals surface area contributed by atoms with Crippen molar-refractivity contribution < 1.29 is 9.13 Å². The van der Waals surface area contributed by atoms with Crippen LogP contribution in [-0.4, -0.2) is 43.4 Å². The van der Waals surface area contributed by atoms with Crippen molar-refractivity contribution in [3.63, 3.8) is 0 Å². The minimum atomic E-state index is -0.285. The van der Waals surface area contributed by atoms with Gasteiger partial charge in [0.2, 0.25) is 0 Å². The first kappa shape index (κ1) is 18.7. The minimum absolute atomic E-state index is 0.285. The molecule has 1 fully saturated rings. The van der Waals surface area contributed by atoms with Gasteiger partial charge < -0.3 is 4.74 Å². The van der Waals surface area contributed by atoms with Gasteiger partial charge in [0.05, 0.1) is 0 Å². The summed E-state index contributed by atoms with van der Waals surface area (Å²) in [7, 11) is 1.67. The van der Waals surface area contributed by atoms with Gasteiger partial charge in [-0.2, -0.15) is 5.10 Å². The number of aryl methyl sites for hydroxylation is 1. The molecule has 0 aliphatic heterocycles. The first-order valence-corrected chi connectivity index (χ1v) is 9.98. The Labute approximate surface area is 173 Å². The summed E-state index contributed by atoms with van der Waals surface area (Å²) in [4.78, 5) is 17.2. The second kappa shape index (κ2) is 7.87. The minimum Gasteiger partial charge on any atom is -0.385 e. The normalized spacial score (nSPS) is 18.1. The van der Waals surface area contributed by atoms with Crippen molar-refractivity contribution >= 4 is 10.9 Å². The average molecular weight is 404 g/mol. The van der Waals surface area contributed by atoms with E-state index in [2.05, 4.69) is 25.0 Å². The number of benzene rings is 1. The highest BCUT2D eigenvalue weighted by Crippen LogP contribution is 2.55. The molecular weight excluding hydrogens is 383 g/mol. The van der Waals surface area contributed by atoms with E-state index in [4.69, 9.17) is 4.74 Å². The molecule has 1 aromatic carbocycles. The fourth-order valence-electron chi connectivity index (χ4n) is 3.92. The van der Waals surface area contributed by atoms with Crippen LogP contribution in [0.2, 0.25) is 0 Å². The topological polar surface area (TPSA) is 78.6 Å². The average Bonchev–Trinajstić information content (AvgIpc) is 3.46. The van der Waals surface area contributed by atoms with Gasteiger partial charge in [-0.15, -0.1) is 0 Å². The molecule has 1 saturated carbocycles. The standard InChI is InChI=1S/C22H21FN6O/c1-30-9-3-8-29-13-18-15(4-5-19(23)20(18)28-29)17-10-16(17)14-11-26-22(27-12-14)21-24-6-2-7-25-21/h2,4-7,11-13,16-17H,3,8-10H2,1H3. The summed E-state index contributed by atoms with van der Waals surface area (Å²) in [5.74, 6) is 1.37. The van der Waals surface area contributed by atoms with Crippen LogP contribution in [0, 0.1) is 5.82 Å². The molecule has 0 spiro atoms. The largest absolute Gasteiger partial charge is 0.385 e. The molecule has 8 heteroatoms. The molecule has 0 N–H and O–H groups in total. The highest BCUT2D eigenvalue weighted by molar-refractivity contribution is 5.83. The molecule has 30 heavy (non-hydrogen) atoms. The molecule has 0 bridgehead atoms. The van der Waals surface area contributed by atoms with E-state index in [1.807, 2.05) is 29.3 Å². The highest BCUT2D eigenvalue weighted by Gasteiger charge is 2.41. The Morgan fingerprint density at radius 1 is 1.07 bits per heavy atom. The number of ether oxygens (including phenoxy) is 1. The number of fused-ring (bicyclic) bond motifs is 1. The first-order valence-electron chi connectivity index (χ1n) is 9.98. The zero-order valence-corrected chi connectivity index (χ0v) is 16.6. The molecule has 5 rings (SSSR count). The molecule has 1 aliphatic carbocycles. The Kier molecular flexibility index (Phi) is 4.92. The maximum Gasteiger partial charge on any atom is 0.197 e. The predicted octanol–water partition coefficient (Wildman–Crippen LogP) is 3.73. The zero-order chi connectivity index (χ0) is 20.5. The first-order chi connectivity index (χ1) is 14.7. The van der Waals surface area contributed by atoms with Crippen molar-refractivity contribution in [3.8, 4) is 11.6 Å². The van der Waals surface area contributed by atoms with Crippen LogP contribution in [0.15, 0.2) is 49.2 Å².